The maximum atomic E-state index is 10.6. The van der Waals surface area contributed by atoms with Crippen LogP contribution in [0.4, 0.5) is 0 Å². The molecule has 4 unspecified atom stereocenters. The van der Waals surface area contributed by atoms with Crippen molar-refractivity contribution in [3.63, 3.8) is 0 Å². The highest BCUT2D eigenvalue weighted by atomic mass is 31.2. The molecule has 0 aliphatic carbocycles. The third-order valence-corrected chi connectivity index (χ3v) is 3.99. The SMILES string of the molecule is O=P(O)(O)COCC(O)C(O)C(O)C(O)C=NCCc1ccc(O)c(O)c1. The van der Waals surface area contributed by atoms with Crippen molar-refractivity contribution < 1.29 is 49.7 Å². The zero-order valence-corrected chi connectivity index (χ0v) is 15.1. The Bertz CT molecular complexity index is 664. The van der Waals surface area contributed by atoms with Gasteiger partial charge >= 0.3 is 7.60 Å². The summed E-state index contributed by atoms with van der Waals surface area (Å²) >= 11 is 0. The average molecular weight is 409 g/mol. The number of aliphatic hydroxyl groups is 4. The number of nitrogens with zero attached hydrogens (tertiary/aromatic N) is 1. The lowest BCUT2D eigenvalue weighted by Gasteiger charge is -2.24. The van der Waals surface area contributed by atoms with Gasteiger partial charge in [-0.3, -0.25) is 9.56 Å². The second-order valence-electron chi connectivity index (χ2n) is 5.83. The highest BCUT2D eigenvalue weighted by Gasteiger charge is 2.30. The molecule has 0 aromatic heterocycles. The summed E-state index contributed by atoms with van der Waals surface area (Å²) in [7, 11) is -4.42. The second-order valence-corrected chi connectivity index (χ2v) is 7.42. The smallest absolute Gasteiger partial charge is 0.350 e. The summed E-state index contributed by atoms with van der Waals surface area (Å²) in [6, 6.07) is 4.25. The number of aromatic hydroxyl groups is 2. The van der Waals surface area contributed by atoms with Crippen LogP contribution in [0.3, 0.4) is 0 Å². The van der Waals surface area contributed by atoms with Gasteiger partial charge in [-0.05, 0) is 24.1 Å². The van der Waals surface area contributed by atoms with Gasteiger partial charge in [0.1, 0.15) is 30.8 Å². The lowest BCUT2D eigenvalue weighted by Crippen LogP contribution is -2.46. The van der Waals surface area contributed by atoms with Gasteiger partial charge in [-0.2, -0.15) is 0 Å². The number of hydrogen-bond donors (Lipinski definition) is 8. The molecule has 1 rings (SSSR count). The minimum absolute atomic E-state index is 0.179. The first kappa shape index (κ1) is 23.5. The van der Waals surface area contributed by atoms with Gasteiger partial charge in [-0.15, -0.1) is 0 Å². The maximum absolute atomic E-state index is 10.6. The van der Waals surface area contributed by atoms with Gasteiger partial charge in [0, 0.05) is 12.8 Å². The molecule has 0 amide bonds. The third kappa shape index (κ3) is 8.78. The number of ether oxygens (including phenoxy) is 1. The lowest BCUT2D eigenvalue weighted by molar-refractivity contribution is -0.106. The molecule has 0 saturated heterocycles. The zero-order valence-electron chi connectivity index (χ0n) is 14.2. The van der Waals surface area contributed by atoms with E-state index in [0.29, 0.717) is 12.0 Å². The molecule has 0 radical (unpaired) electrons. The fourth-order valence-corrected chi connectivity index (χ4v) is 2.35. The fraction of sp³-hybridized carbons (Fsp3) is 0.533. The highest BCUT2D eigenvalue weighted by Crippen LogP contribution is 2.33. The molecule has 154 valence electrons. The van der Waals surface area contributed by atoms with E-state index in [4.69, 9.17) is 9.79 Å². The summed E-state index contributed by atoms with van der Waals surface area (Å²) in [5, 5.41) is 57.5. The van der Waals surface area contributed by atoms with Crippen LogP contribution in [0.2, 0.25) is 0 Å². The Hall–Kier alpha value is -1.56. The first-order chi connectivity index (χ1) is 12.5. The average Bonchev–Trinajstić information content (AvgIpc) is 2.58. The number of phenolic OH excluding ortho intramolecular Hbond substituents is 2. The molecule has 1 aromatic carbocycles. The number of hydrogen-bond acceptors (Lipinski definition) is 9. The van der Waals surface area contributed by atoms with Crippen molar-refractivity contribution in [2.24, 2.45) is 4.99 Å². The van der Waals surface area contributed by atoms with Crippen molar-refractivity contribution in [2.45, 2.75) is 30.8 Å². The van der Waals surface area contributed by atoms with Gasteiger partial charge < -0.3 is 45.2 Å². The largest absolute Gasteiger partial charge is 0.504 e. The van der Waals surface area contributed by atoms with Gasteiger partial charge in [-0.1, -0.05) is 6.07 Å². The highest BCUT2D eigenvalue weighted by molar-refractivity contribution is 7.51. The number of phenols is 2. The summed E-state index contributed by atoms with van der Waals surface area (Å²) < 4.78 is 15.1. The van der Waals surface area contributed by atoms with Crippen LogP contribution >= 0.6 is 7.60 Å². The molecule has 0 fully saturated rings. The van der Waals surface area contributed by atoms with E-state index in [-0.39, 0.29) is 18.0 Å². The van der Waals surface area contributed by atoms with Gasteiger partial charge in [-0.25, -0.2) is 0 Å². The first-order valence-electron chi connectivity index (χ1n) is 7.86. The van der Waals surface area contributed by atoms with Crippen LogP contribution in [-0.4, -0.2) is 90.6 Å². The van der Waals surface area contributed by atoms with Crippen LogP contribution in [0.15, 0.2) is 23.2 Å². The van der Waals surface area contributed by atoms with E-state index in [1.54, 1.807) is 6.07 Å². The van der Waals surface area contributed by atoms with E-state index >= 15 is 0 Å². The van der Waals surface area contributed by atoms with Crippen molar-refractivity contribution in [1.29, 1.82) is 0 Å². The number of aliphatic imine (C=N–C) groups is 1. The Morgan fingerprint density at radius 3 is 2.33 bits per heavy atom. The maximum Gasteiger partial charge on any atom is 0.350 e. The molecule has 8 N–H and O–H groups in total. The van der Waals surface area contributed by atoms with Crippen molar-refractivity contribution >= 4 is 13.8 Å². The molecular weight excluding hydrogens is 385 g/mol. The predicted octanol–water partition coefficient (Wildman–Crippen LogP) is -1.69. The van der Waals surface area contributed by atoms with Crippen molar-refractivity contribution in [3.05, 3.63) is 23.8 Å². The van der Waals surface area contributed by atoms with E-state index in [1.807, 2.05) is 0 Å². The van der Waals surface area contributed by atoms with Gasteiger partial charge in [0.25, 0.3) is 0 Å². The van der Waals surface area contributed by atoms with Crippen LogP contribution < -0.4 is 0 Å². The third-order valence-electron chi connectivity index (χ3n) is 3.47. The Kier molecular flexibility index (Phi) is 9.30. The number of rotatable bonds is 11. The minimum Gasteiger partial charge on any atom is -0.504 e. The molecule has 12 heteroatoms. The Balaban J connectivity index is 2.42. The number of aliphatic hydroxyl groups excluding tert-OH is 4. The van der Waals surface area contributed by atoms with Gasteiger partial charge in [0.2, 0.25) is 0 Å². The Labute approximate surface area is 155 Å². The summed E-state index contributed by atoms with van der Waals surface area (Å²) in [5.41, 5.74) is 0.676. The molecule has 0 saturated carbocycles. The van der Waals surface area contributed by atoms with Crippen LogP contribution in [0.5, 0.6) is 11.5 Å². The van der Waals surface area contributed by atoms with E-state index in [9.17, 15) is 35.2 Å². The zero-order chi connectivity index (χ0) is 20.6. The monoisotopic (exact) mass is 409 g/mol. The van der Waals surface area contributed by atoms with E-state index in [1.165, 1.54) is 12.1 Å². The van der Waals surface area contributed by atoms with Crippen molar-refractivity contribution in [1.82, 2.24) is 0 Å². The lowest BCUT2D eigenvalue weighted by atomic mass is 10.0. The predicted molar refractivity (Wildman–Crippen MR) is 93.7 cm³/mol. The van der Waals surface area contributed by atoms with Crippen molar-refractivity contribution in [2.75, 3.05) is 19.5 Å². The van der Waals surface area contributed by atoms with E-state index in [2.05, 4.69) is 9.73 Å². The van der Waals surface area contributed by atoms with Crippen LogP contribution in [0, 0.1) is 0 Å². The normalized spacial score (nSPS) is 17.0. The van der Waals surface area contributed by atoms with E-state index in [0.717, 1.165) is 6.21 Å². The molecule has 0 spiro atoms. The fourth-order valence-electron chi connectivity index (χ4n) is 2.01. The minimum atomic E-state index is -4.42. The Morgan fingerprint density at radius 1 is 1.07 bits per heavy atom. The summed E-state index contributed by atoms with van der Waals surface area (Å²) in [6.07, 6.45) is -6.55. The molecule has 4 atom stereocenters. The molecule has 27 heavy (non-hydrogen) atoms. The second kappa shape index (κ2) is 10.7. The molecule has 0 bridgehead atoms. The van der Waals surface area contributed by atoms with Crippen molar-refractivity contribution in [3.8, 4) is 11.5 Å². The van der Waals surface area contributed by atoms with Crippen LogP contribution in [-0.2, 0) is 15.7 Å². The van der Waals surface area contributed by atoms with E-state index < -0.39 is 45.0 Å². The quantitative estimate of drug-likeness (QED) is 0.118. The molecular formula is C15H24NO10P. The van der Waals surface area contributed by atoms with Crippen LogP contribution in [0.1, 0.15) is 5.56 Å². The summed E-state index contributed by atoms with van der Waals surface area (Å²) in [6.45, 7) is -0.477. The topological polar surface area (TPSA) is 200 Å². The number of benzene rings is 1. The summed E-state index contributed by atoms with van der Waals surface area (Å²) in [5.74, 6) is -0.525. The van der Waals surface area contributed by atoms with Gasteiger partial charge in [0.05, 0.1) is 6.61 Å². The molecule has 0 aliphatic rings. The van der Waals surface area contributed by atoms with Gasteiger partial charge in [0.15, 0.2) is 11.5 Å². The first-order valence-corrected chi connectivity index (χ1v) is 9.66. The Morgan fingerprint density at radius 2 is 1.74 bits per heavy atom. The standard InChI is InChI=1S/C15H24NO10P/c17-10-2-1-9(5-11(10)18)3-4-16-6-12(19)14(21)15(22)13(20)7-26-8-27(23,24)25/h1-2,5-6,12-15,17-22H,3-4,7-8H2,(H2,23,24,25). The molecule has 1 aromatic rings. The molecule has 0 aliphatic heterocycles. The molecule has 11 nitrogen and oxygen atoms in total. The summed E-state index contributed by atoms with van der Waals surface area (Å²) in [4.78, 5) is 21.1. The molecule has 0 heterocycles. The van der Waals surface area contributed by atoms with Crippen LogP contribution in [0.25, 0.3) is 0 Å².